The molecule has 0 bridgehead atoms. The molecule has 0 N–H and O–H groups in total. The van der Waals surface area contributed by atoms with Gasteiger partial charge in [0.25, 0.3) is 0 Å². The molecule has 0 atom stereocenters. The Hall–Kier alpha value is -2.92. The van der Waals surface area contributed by atoms with Crippen LogP contribution in [-0.2, 0) is 16.0 Å². The Morgan fingerprint density at radius 1 is 1.27 bits per heavy atom. The summed E-state index contributed by atoms with van der Waals surface area (Å²) in [6, 6.07) is 7.49. The van der Waals surface area contributed by atoms with Gasteiger partial charge in [0.2, 0.25) is 0 Å². The second kappa shape index (κ2) is 10.2. The van der Waals surface area contributed by atoms with E-state index in [1.807, 2.05) is 19.9 Å². The van der Waals surface area contributed by atoms with Gasteiger partial charge in [-0.3, -0.25) is 0 Å². The smallest absolute Gasteiger partial charge is 0.420 e. The molecular weight excluding hydrogens is 402 g/mol. The normalized spacial score (nSPS) is 10.9. The van der Waals surface area contributed by atoms with E-state index < -0.39 is 17.8 Å². The molecule has 7 nitrogen and oxygen atoms in total. The third-order valence-electron chi connectivity index (χ3n) is 4.12. The summed E-state index contributed by atoms with van der Waals surface area (Å²) in [4.78, 5) is 31.3. The highest BCUT2D eigenvalue weighted by molar-refractivity contribution is 7.13. The molecule has 0 aliphatic rings. The van der Waals surface area contributed by atoms with Crippen LogP contribution in [0.4, 0.5) is 9.59 Å². The van der Waals surface area contributed by atoms with Crippen LogP contribution in [0.25, 0.3) is 10.4 Å². The fourth-order valence-corrected chi connectivity index (χ4v) is 3.41. The maximum Gasteiger partial charge on any atom is 0.420 e. The number of amides is 2. The summed E-state index contributed by atoms with van der Waals surface area (Å²) in [7, 11) is 0. The van der Waals surface area contributed by atoms with Crippen molar-refractivity contribution >= 4 is 23.5 Å². The highest BCUT2D eigenvalue weighted by Crippen LogP contribution is 2.29. The number of imide groups is 1. The van der Waals surface area contributed by atoms with E-state index in [0.29, 0.717) is 17.5 Å². The SMILES string of the molecule is CCCCOC(=O)N(Cc1ccc(-c2scnc2C)cc1C#N)C(=O)OC(C)(C)C. The Bertz CT molecular complexity index is 941. The zero-order valence-electron chi connectivity index (χ0n) is 18.0. The first-order chi connectivity index (χ1) is 14.2. The molecule has 0 spiro atoms. The van der Waals surface area contributed by atoms with Crippen LogP contribution in [0.3, 0.4) is 0 Å². The van der Waals surface area contributed by atoms with Crippen LogP contribution in [0, 0.1) is 18.3 Å². The van der Waals surface area contributed by atoms with Crippen LogP contribution in [0.5, 0.6) is 0 Å². The lowest BCUT2D eigenvalue weighted by Gasteiger charge is -2.26. The number of benzene rings is 1. The Morgan fingerprint density at radius 2 is 2.00 bits per heavy atom. The fraction of sp³-hybridized carbons (Fsp3) is 0.455. The third kappa shape index (κ3) is 6.29. The molecule has 0 radical (unpaired) electrons. The van der Waals surface area contributed by atoms with E-state index in [1.165, 1.54) is 11.3 Å². The van der Waals surface area contributed by atoms with Gasteiger partial charge < -0.3 is 9.47 Å². The average Bonchev–Trinajstić information content (AvgIpc) is 3.10. The zero-order chi connectivity index (χ0) is 22.3. The van der Waals surface area contributed by atoms with Gasteiger partial charge in [-0.2, -0.15) is 5.26 Å². The molecule has 160 valence electrons. The number of nitrogens with zero attached hydrogens (tertiary/aromatic N) is 3. The van der Waals surface area contributed by atoms with Gasteiger partial charge in [-0.1, -0.05) is 25.5 Å². The summed E-state index contributed by atoms with van der Waals surface area (Å²) in [5.41, 5.74) is 3.62. The molecule has 0 unspecified atom stereocenters. The van der Waals surface area contributed by atoms with Gasteiger partial charge in [0.1, 0.15) is 5.60 Å². The van der Waals surface area contributed by atoms with Crippen LogP contribution >= 0.6 is 11.3 Å². The molecule has 8 heteroatoms. The number of thiazole rings is 1. The number of aromatic nitrogens is 1. The Labute approximate surface area is 181 Å². The Balaban J connectivity index is 2.31. The molecule has 2 aromatic rings. The van der Waals surface area contributed by atoms with E-state index in [4.69, 9.17) is 9.47 Å². The zero-order valence-corrected chi connectivity index (χ0v) is 18.8. The number of rotatable bonds is 6. The summed E-state index contributed by atoms with van der Waals surface area (Å²) in [6.07, 6.45) is -0.0454. The van der Waals surface area contributed by atoms with Gasteiger partial charge in [-0.25, -0.2) is 19.5 Å². The van der Waals surface area contributed by atoms with Gasteiger partial charge in [0, 0.05) is 0 Å². The van der Waals surface area contributed by atoms with Gasteiger partial charge in [0.15, 0.2) is 0 Å². The molecule has 0 saturated heterocycles. The minimum absolute atomic E-state index is 0.120. The molecule has 0 fully saturated rings. The number of carbonyl (C=O) groups excluding carboxylic acids is 2. The number of aryl methyl sites for hydroxylation is 1. The monoisotopic (exact) mass is 429 g/mol. The van der Waals surface area contributed by atoms with Crippen molar-refractivity contribution in [2.75, 3.05) is 6.61 Å². The maximum atomic E-state index is 12.6. The van der Waals surface area contributed by atoms with E-state index in [-0.39, 0.29) is 13.2 Å². The second-order valence-electron chi connectivity index (χ2n) is 7.79. The first-order valence-corrected chi connectivity index (χ1v) is 10.6. The number of unbranched alkanes of at least 4 members (excludes halogenated alkanes) is 1. The second-order valence-corrected chi connectivity index (χ2v) is 8.64. The molecule has 0 aliphatic heterocycles. The number of ether oxygens (including phenoxy) is 2. The topological polar surface area (TPSA) is 92.5 Å². The van der Waals surface area contributed by atoms with Gasteiger partial charge >= 0.3 is 12.2 Å². The molecule has 2 rings (SSSR count). The lowest BCUT2D eigenvalue weighted by Crippen LogP contribution is -2.41. The van der Waals surface area contributed by atoms with Crippen molar-refractivity contribution < 1.29 is 19.1 Å². The van der Waals surface area contributed by atoms with Crippen molar-refractivity contribution in [2.45, 2.75) is 59.6 Å². The minimum Gasteiger partial charge on any atom is -0.449 e. The fourth-order valence-electron chi connectivity index (χ4n) is 2.61. The van der Waals surface area contributed by atoms with Crippen molar-refractivity contribution in [3.8, 4) is 16.5 Å². The summed E-state index contributed by atoms with van der Waals surface area (Å²) in [5.74, 6) is 0. The minimum atomic E-state index is -0.810. The first-order valence-electron chi connectivity index (χ1n) is 9.77. The van der Waals surface area contributed by atoms with Crippen molar-refractivity contribution in [3.05, 3.63) is 40.5 Å². The molecule has 1 heterocycles. The number of hydrogen-bond acceptors (Lipinski definition) is 7. The van der Waals surface area contributed by atoms with Crippen LogP contribution in [0.2, 0.25) is 0 Å². The molecule has 2 amide bonds. The highest BCUT2D eigenvalue weighted by atomic mass is 32.1. The van der Waals surface area contributed by atoms with Crippen LogP contribution in [0.15, 0.2) is 23.7 Å². The number of carbonyl (C=O) groups is 2. The molecule has 1 aromatic heterocycles. The average molecular weight is 430 g/mol. The van der Waals surface area contributed by atoms with E-state index in [2.05, 4.69) is 11.1 Å². The van der Waals surface area contributed by atoms with Gasteiger partial charge in [-0.05, 0) is 51.3 Å². The molecular formula is C22H27N3O4S. The quantitative estimate of drug-likeness (QED) is 0.550. The van der Waals surface area contributed by atoms with E-state index >= 15 is 0 Å². The summed E-state index contributed by atoms with van der Waals surface area (Å²) < 4.78 is 10.6. The number of nitriles is 1. The standard InChI is InChI=1S/C22H27N3O4S/c1-6-7-10-28-20(26)25(21(27)29-22(3,4)5)13-17-9-8-16(11-18(17)12-23)19-15(2)24-14-30-19/h8-9,11,14H,6-7,10,13H2,1-5H3. The third-order valence-corrected chi connectivity index (χ3v) is 5.10. The van der Waals surface area contributed by atoms with Crippen LogP contribution < -0.4 is 0 Å². The van der Waals surface area contributed by atoms with Gasteiger partial charge in [0.05, 0.1) is 40.9 Å². The first kappa shape index (κ1) is 23.4. The van der Waals surface area contributed by atoms with E-state index in [1.54, 1.807) is 38.4 Å². The van der Waals surface area contributed by atoms with Gasteiger partial charge in [-0.15, -0.1) is 11.3 Å². The lowest BCUT2D eigenvalue weighted by atomic mass is 10.0. The van der Waals surface area contributed by atoms with E-state index in [9.17, 15) is 14.9 Å². The van der Waals surface area contributed by atoms with Crippen molar-refractivity contribution in [2.24, 2.45) is 0 Å². The molecule has 0 aliphatic carbocycles. The van der Waals surface area contributed by atoms with Crippen molar-refractivity contribution in [3.63, 3.8) is 0 Å². The predicted molar refractivity (Wildman–Crippen MR) is 115 cm³/mol. The highest BCUT2D eigenvalue weighted by Gasteiger charge is 2.29. The van der Waals surface area contributed by atoms with Crippen LogP contribution in [-0.4, -0.2) is 34.3 Å². The predicted octanol–water partition coefficient (Wildman–Crippen LogP) is 5.66. The lowest BCUT2D eigenvalue weighted by molar-refractivity contribution is 0.0202. The molecule has 30 heavy (non-hydrogen) atoms. The van der Waals surface area contributed by atoms with Crippen molar-refractivity contribution in [1.82, 2.24) is 9.88 Å². The maximum absolute atomic E-state index is 12.6. The largest absolute Gasteiger partial charge is 0.449 e. The molecule has 1 aromatic carbocycles. The number of hydrogen-bond donors (Lipinski definition) is 0. The van der Waals surface area contributed by atoms with Crippen molar-refractivity contribution in [1.29, 1.82) is 5.26 Å². The Kier molecular flexibility index (Phi) is 7.95. The summed E-state index contributed by atoms with van der Waals surface area (Å²) >= 11 is 1.49. The Morgan fingerprint density at radius 3 is 2.57 bits per heavy atom. The summed E-state index contributed by atoms with van der Waals surface area (Å²) in [6.45, 7) is 9.14. The molecule has 0 saturated carbocycles. The van der Waals surface area contributed by atoms with E-state index in [0.717, 1.165) is 27.5 Å². The summed E-state index contributed by atoms with van der Waals surface area (Å²) in [5, 5.41) is 9.65. The van der Waals surface area contributed by atoms with Crippen LogP contribution in [0.1, 0.15) is 57.4 Å².